The third kappa shape index (κ3) is 6.45. The Labute approximate surface area is 225 Å². The molecule has 188 valence electrons. The molecule has 0 radical (unpaired) electrons. The van der Waals surface area contributed by atoms with Gasteiger partial charge in [0.05, 0.1) is 16.6 Å². The highest BCUT2D eigenvalue weighted by Crippen LogP contribution is 2.40. The van der Waals surface area contributed by atoms with E-state index in [1.807, 2.05) is 49.4 Å². The number of ether oxygens (including phenoxy) is 2. The molecule has 1 aliphatic rings. The molecule has 7 heteroatoms. The molecule has 1 heterocycles. The van der Waals surface area contributed by atoms with Crippen LogP contribution in [0.4, 0.5) is 10.7 Å². The summed E-state index contributed by atoms with van der Waals surface area (Å²) in [5, 5.41) is 3.82. The smallest absolute Gasteiger partial charge is 0.259 e. The van der Waals surface area contributed by atoms with Crippen molar-refractivity contribution >= 4 is 50.1 Å². The van der Waals surface area contributed by atoms with E-state index >= 15 is 0 Å². The molecule has 4 rings (SSSR count). The van der Waals surface area contributed by atoms with Gasteiger partial charge < -0.3 is 14.8 Å². The molecule has 0 saturated carbocycles. The average molecular weight is 568 g/mol. The van der Waals surface area contributed by atoms with Crippen molar-refractivity contribution in [2.24, 2.45) is 4.99 Å². The Hall–Kier alpha value is -2.90. The molecule has 5 nitrogen and oxygen atoms in total. The summed E-state index contributed by atoms with van der Waals surface area (Å²) in [6.45, 7) is 6.55. The summed E-state index contributed by atoms with van der Waals surface area (Å²) < 4.78 is 12.4. The van der Waals surface area contributed by atoms with Crippen LogP contribution in [0.1, 0.15) is 59.0 Å². The van der Waals surface area contributed by atoms with E-state index in [0.29, 0.717) is 30.3 Å². The molecule has 2 aromatic carbocycles. The number of aliphatic imine (C=N–C) groups is 1. The van der Waals surface area contributed by atoms with E-state index in [0.717, 1.165) is 52.0 Å². The molecule has 0 fully saturated rings. The molecule has 0 aliphatic heterocycles. The second-order valence-electron chi connectivity index (χ2n) is 8.54. The van der Waals surface area contributed by atoms with Crippen LogP contribution >= 0.6 is 27.3 Å². The van der Waals surface area contributed by atoms with Crippen LogP contribution in [-0.2, 0) is 12.8 Å². The summed E-state index contributed by atoms with van der Waals surface area (Å²) in [7, 11) is 0. The van der Waals surface area contributed by atoms with Gasteiger partial charge in [-0.15, -0.1) is 11.3 Å². The lowest BCUT2D eigenvalue weighted by Gasteiger charge is -2.13. The fraction of sp³-hybridized carbons (Fsp3) is 0.310. The van der Waals surface area contributed by atoms with Crippen LogP contribution in [0.5, 0.6) is 11.5 Å². The molecule has 0 spiro atoms. The van der Waals surface area contributed by atoms with Crippen molar-refractivity contribution in [2.75, 3.05) is 18.5 Å². The first-order chi connectivity index (χ1) is 17.6. The summed E-state index contributed by atoms with van der Waals surface area (Å²) in [5.74, 6) is 1.17. The van der Waals surface area contributed by atoms with Gasteiger partial charge in [-0.05, 0) is 83.9 Å². The lowest BCUT2D eigenvalue weighted by Crippen LogP contribution is -2.14. The van der Waals surface area contributed by atoms with Crippen LogP contribution in [0.25, 0.3) is 0 Å². The molecular formula is C29H31BrN2O3S. The summed E-state index contributed by atoms with van der Waals surface area (Å²) in [4.78, 5) is 19.6. The first-order valence-corrected chi connectivity index (χ1v) is 14.0. The second kappa shape index (κ2) is 12.9. The fourth-order valence-corrected chi connectivity index (χ4v) is 6.09. The van der Waals surface area contributed by atoms with E-state index in [4.69, 9.17) is 14.5 Å². The van der Waals surface area contributed by atoms with Crippen LogP contribution in [0.2, 0.25) is 0 Å². The number of para-hydroxylation sites is 1. The Morgan fingerprint density at radius 3 is 2.67 bits per heavy atom. The summed E-state index contributed by atoms with van der Waals surface area (Å²) in [6, 6.07) is 13.4. The van der Waals surface area contributed by atoms with Gasteiger partial charge in [0, 0.05) is 16.8 Å². The highest BCUT2D eigenvalue weighted by molar-refractivity contribution is 9.10. The molecule has 36 heavy (non-hydrogen) atoms. The van der Waals surface area contributed by atoms with Gasteiger partial charge in [0.2, 0.25) is 0 Å². The van der Waals surface area contributed by atoms with Crippen LogP contribution < -0.4 is 14.8 Å². The number of rotatable bonds is 9. The molecule has 1 N–H and O–H groups in total. The SMILES string of the molecule is C=CCOc1c(Br)cc(C=Nc2sc3c(c2C(=O)Nc2ccccc2)CCCCCC3)cc1OCC. The van der Waals surface area contributed by atoms with Gasteiger partial charge >= 0.3 is 0 Å². The molecule has 1 aromatic heterocycles. The molecule has 0 unspecified atom stereocenters. The van der Waals surface area contributed by atoms with Crippen molar-refractivity contribution in [3.8, 4) is 11.5 Å². The monoisotopic (exact) mass is 566 g/mol. The lowest BCUT2D eigenvalue weighted by atomic mass is 9.96. The van der Waals surface area contributed by atoms with Crippen LogP contribution in [0.3, 0.4) is 0 Å². The third-order valence-corrected chi connectivity index (χ3v) is 7.71. The standard InChI is InChI=1S/C29H31BrN2O3S/c1-3-16-35-27-23(30)17-20(18-24(27)34-4-2)19-31-29-26(28(33)32-21-12-8-7-9-13-21)22-14-10-5-6-11-15-25(22)36-29/h3,7-9,12-13,17-19H,1,4-6,10-11,14-16H2,2H3,(H,32,33). The van der Waals surface area contributed by atoms with E-state index in [1.165, 1.54) is 17.7 Å². The van der Waals surface area contributed by atoms with Gasteiger partial charge in [0.25, 0.3) is 5.91 Å². The molecule has 1 aliphatic carbocycles. The Morgan fingerprint density at radius 2 is 1.92 bits per heavy atom. The van der Waals surface area contributed by atoms with E-state index in [2.05, 4.69) is 27.8 Å². The van der Waals surface area contributed by atoms with Crippen molar-refractivity contribution < 1.29 is 14.3 Å². The van der Waals surface area contributed by atoms with Crippen molar-refractivity contribution in [1.82, 2.24) is 0 Å². The molecule has 0 atom stereocenters. The van der Waals surface area contributed by atoms with Crippen molar-refractivity contribution in [3.63, 3.8) is 0 Å². The normalized spacial score (nSPS) is 13.5. The molecule has 1 amide bonds. The zero-order chi connectivity index (χ0) is 25.3. The minimum atomic E-state index is -0.101. The predicted octanol–water partition coefficient (Wildman–Crippen LogP) is 8.14. The first-order valence-electron chi connectivity index (χ1n) is 12.4. The number of hydrogen-bond acceptors (Lipinski definition) is 5. The van der Waals surface area contributed by atoms with E-state index in [1.54, 1.807) is 23.6 Å². The quantitative estimate of drug-likeness (QED) is 0.210. The number of anilines is 1. The van der Waals surface area contributed by atoms with Gasteiger partial charge in [-0.1, -0.05) is 43.7 Å². The number of nitrogens with zero attached hydrogens (tertiary/aromatic N) is 1. The van der Waals surface area contributed by atoms with Crippen LogP contribution in [0, 0.1) is 0 Å². The minimum Gasteiger partial charge on any atom is -0.490 e. The number of carbonyl (C=O) groups excluding carboxylic acids is 1. The van der Waals surface area contributed by atoms with E-state index in [9.17, 15) is 4.79 Å². The maximum atomic E-state index is 13.5. The Bertz CT molecular complexity index is 1240. The highest BCUT2D eigenvalue weighted by Gasteiger charge is 2.24. The van der Waals surface area contributed by atoms with Gasteiger partial charge in [0.1, 0.15) is 11.6 Å². The van der Waals surface area contributed by atoms with Gasteiger partial charge in [0.15, 0.2) is 11.5 Å². The van der Waals surface area contributed by atoms with Crippen molar-refractivity contribution in [1.29, 1.82) is 0 Å². The minimum absolute atomic E-state index is 0.101. The van der Waals surface area contributed by atoms with E-state index < -0.39 is 0 Å². The molecule has 3 aromatic rings. The number of hydrogen-bond donors (Lipinski definition) is 1. The summed E-state index contributed by atoms with van der Waals surface area (Å²) in [6.07, 6.45) is 10.1. The number of thiophene rings is 1. The van der Waals surface area contributed by atoms with E-state index in [-0.39, 0.29) is 5.91 Å². The highest BCUT2D eigenvalue weighted by atomic mass is 79.9. The number of carbonyl (C=O) groups is 1. The first kappa shape index (κ1) is 26.2. The number of halogens is 1. The second-order valence-corrected chi connectivity index (χ2v) is 10.5. The Morgan fingerprint density at radius 1 is 1.14 bits per heavy atom. The number of benzene rings is 2. The lowest BCUT2D eigenvalue weighted by molar-refractivity contribution is 0.102. The molecular weight excluding hydrogens is 536 g/mol. The number of nitrogens with one attached hydrogen (secondary N) is 1. The van der Waals surface area contributed by atoms with Crippen molar-refractivity contribution in [3.05, 3.63) is 81.2 Å². The van der Waals surface area contributed by atoms with Gasteiger partial charge in [-0.3, -0.25) is 4.79 Å². The summed E-state index contributed by atoms with van der Waals surface area (Å²) in [5.41, 5.74) is 3.49. The van der Waals surface area contributed by atoms with Crippen LogP contribution in [0.15, 0.2) is 64.6 Å². The predicted molar refractivity (Wildman–Crippen MR) is 153 cm³/mol. The fourth-order valence-electron chi connectivity index (χ4n) is 4.29. The van der Waals surface area contributed by atoms with Crippen LogP contribution in [-0.4, -0.2) is 25.3 Å². The Kier molecular flexibility index (Phi) is 9.36. The third-order valence-electron chi connectivity index (χ3n) is 5.92. The maximum Gasteiger partial charge on any atom is 0.259 e. The van der Waals surface area contributed by atoms with Crippen molar-refractivity contribution in [2.45, 2.75) is 45.4 Å². The Balaban J connectivity index is 1.70. The molecule has 0 bridgehead atoms. The topological polar surface area (TPSA) is 59.9 Å². The number of aryl methyl sites for hydroxylation is 1. The maximum absolute atomic E-state index is 13.5. The molecule has 0 saturated heterocycles. The largest absolute Gasteiger partial charge is 0.490 e. The number of amides is 1. The van der Waals surface area contributed by atoms with Gasteiger partial charge in [-0.2, -0.15) is 0 Å². The number of fused-ring (bicyclic) bond motifs is 1. The zero-order valence-corrected chi connectivity index (χ0v) is 22.9. The summed E-state index contributed by atoms with van der Waals surface area (Å²) >= 11 is 5.24. The van der Waals surface area contributed by atoms with Gasteiger partial charge in [-0.25, -0.2) is 4.99 Å². The zero-order valence-electron chi connectivity index (χ0n) is 20.5. The average Bonchev–Trinajstić information content (AvgIpc) is 3.19.